The molecule has 10 heteroatoms. The van der Waals surface area contributed by atoms with Crippen molar-refractivity contribution < 1.29 is 23.5 Å². The number of aromatic nitrogens is 1. The van der Waals surface area contributed by atoms with Crippen molar-refractivity contribution in [2.45, 2.75) is 12.1 Å². The maximum Gasteiger partial charge on any atom is 0.322 e. The van der Waals surface area contributed by atoms with Gasteiger partial charge >= 0.3 is 6.03 Å². The minimum absolute atomic E-state index is 0.128. The summed E-state index contributed by atoms with van der Waals surface area (Å²) in [7, 11) is 1.52. The van der Waals surface area contributed by atoms with Gasteiger partial charge in [0.15, 0.2) is 11.1 Å². The molecule has 5 rings (SSSR count). The number of amides is 4. The zero-order valence-electron chi connectivity index (χ0n) is 17.1. The summed E-state index contributed by atoms with van der Waals surface area (Å²) < 4.78 is 11.1. The highest BCUT2D eigenvalue weighted by atomic mass is 16.5. The minimum atomic E-state index is -1.61. The first-order chi connectivity index (χ1) is 15.3. The zero-order valence-corrected chi connectivity index (χ0v) is 17.1. The topological polar surface area (TPSA) is 140 Å². The molecule has 2 aliphatic rings. The summed E-state index contributed by atoms with van der Waals surface area (Å²) in [4.78, 5) is 44.0. The lowest BCUT2D eigenvalue weighted by molar-refractivity contribution is -0.125. The first-order valence-electron chi connectivity index (χ1n) is 9.76. The minimum Gasteiger partial charge on any atom is -0.497 e. The number of nitrogens with zero attached hydrogens (tertiary/aromatic N) is 2. The van der Waals surface area contributed by atoms with E-state index in [1.165, 1.54) is 12.0 Å². The third kappa shape index (κ3) is 2.88. The molecule has 0 unspecified atom stereocenters. The average Bonchev–Trinajstić information content (AvgIpc) is 3.41. The molecule has 0 aliphatic carbocycles. The summed E-state index contributed by atoms with van der Waals surface area (Å²) in [6.07, 6.45) is 0. The third-order valence-electron chi connectivity index (χ3n) is 5.69. The molecule has 162 valence electrons. The van der Waals surface area contributed by atoms with Crippen LogP contribution in [0.3, 0.4) is 0 Å². The Morgan fingerprint density at radius 2 is 2.09 bits per heavy atom. The Kier molecular flexibility index (Phi) is 4.19. The fraction of sp³-hybridized carbons (Fsp3) is 0.182. The van der Waals surface area contributed by atoms with E-state index in [2.05, 4.69) is 22.2 Å². The number of furan rings is 1. The molecule has 0 spiro atoms. The number of hydrogen-bond donors (Lipinski definition) is 3. The molecule has 1 aromatic carbocycles. The van der Waals surface area contributed by atoms with E-state index in [1.54, 1.807) is 36.4 Å². The average molecular weight is 433 g/mol. The molecule has 4 heterocycles. The van der Waals surface area contributed by atoms with Gasteiger partial charge in [0.2, 0.25) is 0 Å². The molecule has 4 N–H and O–H groups in total. The van der Waals surface area contributed by atoms with Crippen LogP contribution in [0, 0.1) is 0 Å². The largest absolute Gasteiger partial charge is 0.497 e. The Hall–Kier alpha value is -4.34. The molecule has 2 aromatic heterocycles. The van der Waals surface area contributed by atoms with Gasteiger partial charge in [0.25, 0.3) is 11.8 Å². The molecule has 3 aromatic rings. The van der Waals surface area contributed by atoms with E-state index in [9.17, 15) is 14.4 Å². The first kappa shape index (κ1) is 19.6. The van der Waals surface area contributed by atoms with Crippen molar-refractivity contribution in [3.05, 3.63) is 65.6 Å². The summed E-state index contributed by atoms with van der Waals surface area (Å²) in [5.74, 6) is -0.180. The molecule has 0 bridgehead atoms. The van der Waals surface area contributed by atoms with Crippen molar-refractivity contribution in [2.75, 3.05) is 13.7 Å². The summed E-state index contributed by atoms with van der Waals surface area (Å²) in [5, 5.41) is 4.89. The summed E-state index contributed by atoms with van der Waals surface area (Å²) >= 11 is 0. The maximum atomic E-state index is 13.1. The van der Waals surface area contributed by atoms with Gasteiger partial charge in [0, 0.05) is 18.2 Å². The second-order valence-electron chi connectivity index (χ2n) is 7.71. The molecule has 4 amide bonds. The van der Waals surface area contributed by atoms with Gasteiger partial charge in [-0.15, -0.1) is 0 Å². The van der Waals surface area contributed by atoms with E-state index in [-0.39, 0.29) is 30.5 Å². The van der Waals surface area contributed by atoms with Crippen LogP contribution in [0.15, 0.2) is 47.4 Å². The van der Waals surface area contributed by atoms with Gasteiger partial charge in [0.05, 0.1) is 25.0 Å². The Morgan fingerprint density at radius 3 is 2.78 bits per heavy atom. The summed E-state index contributed by atoms with van der Waals surface area (Å²) in [6, 6.07) is 9.41. The molecule has 2 aliphatic heterocycles. The van der Waals surface area contributed by atoms with Crippen LogP contribution in [0.5, 0.6) is 5.75 Å². The molecule has 1 saturated heterocycles. The lowest BCUT2D eigenvalue weighted by atomic mass is 9.95. The van der Waals surface area contributed by atoms with E-state index in [0.29, 0.717) is 28.1 Å². The van der Waals surface area contributed by atoms with Crippen LogP contribution in [-0.2, 0) is 16.9 Å². The number of pyridine rings is 1. The molecule has 1 fully saturated rings. The van der Waals surface area contributed by atoms with E-state index >= 15 is 0 Å². The van der Waals surface area contributed by atoms with Crippen LogP contribution < -0.4 is 21.1 Å². The number of hydrogen-bond acceptors (Lipinski definition) is 7. The van der Waals surface area contributed by atoms with Gasteiger partial charge in [-0.3, -0.25) is 14.9 Å². The van der Waals surface area contributed by atoms with Crippen LogP contribution in [-0.4, -0.2) is 41.4 Å². The number of carbonyl (C=O) groups is 3. The summed E-state index contributed by atoms with van der Waals surface area (Å²) in [5.41, 5.74) is 7.00. The quantitative estimate of drug-likeness (QED) is 0.518. The van der Waals surface area contributed by atoms with Gasteiger partial charge in [-0.05, 0) is 29.8 Å². The molecule has 32 heavy (non-hydrogen) atoms. The highest BCUT2D eigenvalue weighted by molar-refractivity contribution is 6.08. The van der Waals surface area contributed by atoms with Gasteiger partial charge in [-0.2, -0.15) is 0 Å². The highest BCUT2D eigenvalue weighted by Gasteiger charge is 2.53. The smallest absolute Gasteiger partial charge is 0.322 e. The zero-order chi connectivity index (χ0) is 22.6. The normalized spacial score (nSPS) is 19.8. The van der Waals surface area contributed by atoms with Crippen LogP contribution >= 0.6 is 0 Å². The number of fused-ring (bicyclic) bond motifs is 2. The van der Waals surface area contributed by atoms with E-state index in [0.717, 1.165) is 5.56 Å². The van der Waals surface area contributed by atoms with E-state index in [1.807, 2.05) is 0 Å². The Bertz CT molecular complexity index is 1330. The predicted octanol–water partition coefficient (Wildman–Crippen LogP) is 1.46. The number of carbonyl (C=O) groups excluding carboxylic acids is 3. The van der Waals surface area contributed by atoms with Crippen molar-refractivity contribution >= 4 is 34.6 Å². The standard InChI is InChI=1S/C22H19N5O5/c1-11(23)15-5-6-17-16(24-15)8-18(32-17)22(20(29)25-21(30)26-22)10-27-9-12-3-4-13(31-2)7-14(12)19(27)28/h3-8H,1,9-10,23H2,2H3,(H2,25,26,29,30)/t22-/m0/s1. The molecule has 1 atom stereocenters. The van der Waals surface area contributed by atoms with Crippen LogP contribution in [0.4, 0.5) is 4.79 Å². The Morgan fingerprint density at radius 1 is 1.28 bits per heavy atom. The second-order valence-corrected chi connectivity index (χ2v) is 7.71. The third-order valence-corrected chi connectivity index (χ3v) is 5.69. The summed E-state index contributed by atoms with van der Waals surface area (Å²) in [6.45, 7) is 3.82. The number of benzene rings is 1. The predicted molar refractivity (Wildman–Crippen MR) is 113 cm³/mol. The maximum absolute atomic E-state index is 13.1. The fourth-order valence-electron chi connectivity index (χ4n) is 4.05. The van der Waals surface area contributed by atoms with Crippen molar-refractivity contribution in [2.24, 2.45) is 5.73 Å². The van der Waals surface area contributed by atoms with Crippen molar-refractivity contribution in [3.8, 4) is 5.75 Å². The number of methoxy groups -OCH3 is 1. The number of nitrogens with one attached hydrogen (secondary N) is 2. The number of nitrogens with two attached hydrogens (primary N) is 1. The molecular formula is C22H19N5O5. The number of imide groups is 1. The van der Waals surface area contributed by atoms with Crippen molar-refractivity contribution in [3.63, 3.8) is 0 Å². The molecule has 0 saturated carbocycles. The molecule has 10 nitrogen and oxygen atoms in total. The SMILES string of the molecule is C=C(N)c1ccc2oc([C@]3(CN4Cc5ccc(OC)cc5C4=O)NC(=O)NC3=O)cc2n1. The number of ether oxygens (including phenoxy) is 1. The van der Waals surface area contributed by atoms with E-state index in [4.69, 9.17) is 14.9 Å². The molecule has 0 radical (unpaired) electrons. The van der Waals surface area contributed by atoms with Crippen LogP contribution in [0.25, 0.3) is 16.8 Å². The first-order valence-corrected chi connectivity index (χ1v) is 9.76. The van der Waals surface area contributed by atoms with Gasteiger partial charge < -0.3 is 25.1 Å². The van der Waals surface area contributed by atoms with Crippen molar-refractivity contribution in [1.82, 2.24) is 20.5 Å². The van der Waals surface area contributed by atoms with Gasteiger partial charge in [-0.1, -0.05) is 12.6 Å². The highest BCUT2D eigenvalue weighted by Crippen LogP contribution is 2.34. The van der Waals surface area contributed by atoms with Crippen LogP contribution in [0.1, 0.15) is 27.4 Å². The van der Waals surface area contributed by atoms with Crippen LogP contribution in [0.2, 0.25) is 0 Å². The van der Waals surface area contributed by atoms with E-state index < -0.39 is 17.5 Å². The monoisotopic (exact) mass is 433 g/mol. The van der Waals surface area contributed by atoms with Gasteiger partial charge in [0.1, 0.15) is 17.0 Å². The molecular weight excluding hydrogens is 414 g/mol. The second kappa shape index (κ2) is 6.84. The number of urea groups is 1. The Balaban J connectivity index is 1.55. The Labute approximate surface area is 182 Å². The van der Waals surface area contributed by atoms with Gasteiger partial charge in [-0.25, -0.2) is 9.78 Å². The lowest BCUT2D eigenvalue weighted by Crippen LogP contribution is -2.52. The van der Waals surface area contributed by atoms with Crippen molar-refractivity contribution in [1.29, 1.82) is 0 Å². The lowest BCUT2D eigenvalue weighted by Gasteiger charge is -2.28. The number of rotatable bonds is 5. The fourth-order valence-corrected chi connectivity index (χ4v) is 4.05.